The highest BCUT2D eigenvalue weighted by Gasteiger charge is 2.28. The van der Waals surface area contributed by atoms with Crippen molar-refractivity contribution in [2.45, 2.75) is 50.2 Å². The lowest BCUT2D eigenvalue weighted by Crippen LogP contribution is -2.35. The van der Waals surface area contributed by atoms with Crippen LogP contribution in [-0.2, 0) is 27.6 Å². The maximum absolute atomic E-state index is 13.2. The quantitative estimate of drug-likeness (QED) is 0.409. The Morgan fingerprint density at radius 2 is 1.60 bits per heavy atom. The minimum Gasteiger partial charge on any atom is -0.443 e. The number of carbonyl (C=O) groups excluding carboxylic acids is 1. The van der Waals surface area contributed by atoms with Crippen LogP contribution in [0.25, 0.3) is 22.2 Å². The van der Waals surface area contributed by atoms with Crippen LogP contribution in [0.1, 0.15) is 31.9 Å². The minimum atomic E-state index is -3.59. The fourth-order valence-corrected chi connectivity index (χ4v) is 5.88. The number of hydrogen-bond donors (Lipinski definition) is 1. The van der Waals surface area contributed by atoms with Gasteiger partial charge in [0.15, 0.2) is 0 Å². The van der Waals surface area contributed by atoms with E-state index in [1.165, 1.54) is 0 Å². The van der Waals surface area contributed by atoms with Crippen molar-refractivity contribution >= 4 is 27.0 Å². The number of nitrogens with zero attached hydrogens (tertiary/aromatic N) is 1. The molecule has 0 saturated heterocycles. The highest BCUT2D eigenvalue weighted by molar-refractivity contribution is 7.89. The molecule has 6 nitrogen and oxygen atoms in total. The van der Waals surface area contributed by atoms with E-state index in [1.807, 2.05) is 63.2 Å². The topological polar surface area (TPSA) is 77.4 Å². The van der Waals surface area contributed by atoms with Crippen LogP contribution in [0.4, 0.5) is 4.79 Å². The van der Waals surface area contributed by atoms with Crippen molar-refractivity contribution < 1.29 is 17.9 Å². The zero-order chi connectivity index (χ0) is 24.8. The molecule has 1 N–H and O–H groups in total. The minimum absolute atomic E-state index is 0.220. The van der Waals surface area contributed by atoms with Crippen molar-refractivity contribution in [2.24, 2.45) is 0 Å². The predicted molar refractivity (Wildman–Crippen MR) is 137 cm³/mol. The average molecular weight is 489 g/mol. The first-order valence-corrected chi connectivity index (χ1v) is 13.1. The van der Waals surface area contributed by atoms with Crippen LogP contribution in [0.15, 0.2) is 83.8 Å². The van der Waals surface area contributed by atoms with Crippen LogP contribution in [-0.4, -0.2) is 30.7 Å². The van der Waals surface area contributed by atoms with Crippen LogP contribution < -0.4 is 4.72 Å². The standard InChI is InChI=1S/C28H28N2O4S/c1-28(2,3)34-27(31)30-25-12-8-7-9-20(25)18-26(30)21-14-13-19-16-23(17-22(19)15-21)29-35(32,33)24-10-5-4-6-11-24/h4-15,18,23,29H,16-17H2,1-3H3/t23-/m1/s1. The molecule has 180 valence electrons. The third-order valence-electron chi connectivity index (χ3n) is 6.10. The summed E-state index contributed by atoms with van der Waals surface area (Å²) >= 11 is 0. The van der Waals surface area contributed by atoms with Crippen LogP contribution in [0.2, 0.25) is 0 Å². The Bertz CT molecular complexity index is 1520. The lowest BCUT2D eigenvalue weighted by atomic mass is 10.0. The van der Waals surface area contributed by atoms with Crippen molar-refractivity contribution in [1.82, 2.24) is 9.29 Å². The van der Waals surface area contributed by atoms with Gasteiger partial charge in [-0.05, 0) is 80.6 Å². The number of fused-ring (bicyclic) bond motifs is 2. The van der Waals surface area contributed by atoms with Gasteiger partial charge in [0.2, 0.25) is 10.0 Å². The summed E-state index contributed by atoms with van der Waals surface area (Å²) in [6, 6.07) is 24.0. The number of hydrogen-bond acceptors (Lipinski definition) is 4. The third kappa shape index (κ3) is 4.74. The number of aromatic nitrogens is 1. The van der Waals surface area contributed by atoms with Crippen molar-refractivity contribution in [2.75, 3.05) is 0 Å². The molecule has 0 amide bonds. The molecule has 0 bridgehead atoms. The normalized spacial score (nSPS) is 15.8. The van der Waals surface area contributed by atoms with Crippen molar-refractivity contribution in [3.05, 3.63) is 90.0 Å². The maximum Gasteiger partial charge on any atom is 0.419 e. The molecule has 35 heavy (non-hydrogen) atoms. The zero-order valence-corrected chi connectivity index (χ0v) is 20.8. The van der Waals surface area contributed by atoms with Gasteiger partial charge in [0.25, 0.3) is 0 Å². The van der Waals surface area contributed by atoms with E-state index < -0.39 is 21.7 Å². The predicted octanol–water partition coefficient (Wildman–Crippen LogP) is 5.54. The summed E-state index contributed by atoms with van der Waals surface area (Å²) in [5.41, 5.74) is 3.97. The van der Waals surface area contributed by atoms with Gasteiger partial charge < -0.3 is 4.74 Å². The number of rotatable bonds is 4. The van der Waals surface area contributed by atoms with E-state index in [0.717, 1.165) is 33.3 Å². The fourth-order valence-electron chi connectivity index (χ4n) is 4.62. The summed E-state index contributed by atoms with van der Waals surface area (Å²) in [6.07, 6.45) is 0.779. The Morgan fingerprint density at radius 1 is 0.914 bits per heavy atom. The molecule has 5 rings (SSSR count). The number of ether oxygens (including phenoxy) is 1. The highest BCUT2D eigenvalue weighted by Crippen LogP contribution is 2.33. The second-order valence-electron chi connectivity index (χ2n) is 9.93. The number of sulfonamides is 1. The van der Waals surface area contributed by atoms with Gasteiger partial charge in [-0.15, -0.1) is 0 Å². The van der Waals surface area contributed by atoms with Gasteiger partial charge >= 0.3 is 6.09 Å². The summed E-state index contributed by atoms with van der Waals surface area (Å²) in [6.45, 7) is 5.55. The van der Waals surface area contributed by atoms with E-state index in [9.17, 15) is 13.2 Å². The molecule has 0 unspecified atom stereocenters. The van der Waals surface area contributed by atoms with Gasteiger partial charge in [-0.25, -0.2) is 22.5 Å². The molecule has 0 saturated carbocycles. The second-order valence-corrected chi connectivity index (χ2v) is 11.6. The van der Waals surface area contributed by atoms with E-state index >= 15 is 0 Å². The first-order valence-electron chi connectivity index (χ1n) is 11.6. The maximum atomic E-state index is 13.2. The Balaban J connectivity index is 1.46. The second kappa shape index (κ2) is 8.66. The Hall–Kier alpha value is -3.42. The Kier molecular flexibility index (Phi) is 5.77. The smallest absolute Gasteiger partial charge is 0.419 e. The summed E-state index contributed by atoms with van der Waals surface area (Å²) in [5, 5.41) is 0.947. The zero-order valence-electron chi connectivity index (χ0n) is 20.0. The average Bonchev–Trinajstić information content (AvgIpc) is 3.38. The SMILES string of the molecule is CC(C)(C)OC(=O)n1c(-c2ccc3c(c2)C[C@H](NS(=O)(=O)c2ccccc2)C3)cc2ccccc21. The third-order valence-corrected chi connectivity index (χ3v) is 7.63. The summed E-state index contributed by atoms with van der Waals surface area (Å²) in [5.74, 6) is 0. The van der Waals surface area contributed by atoms with Crippen LogP contribution in [0.3, 0.4) is 0 Å². The van der Waals surface area contributed by atoms with E-state index in [1.54, 1.807) is 34.9 Å². The molecule has 0 radical (unpaired) electrons. The van der Waals surface area contributed by atoms with Gasteiger partial charge in [-0.3, -0.25) is 0 Å². The van der Waals surface area contributed by atoms with Gasteiger partial charge in [-0.2, -0.15) is 0 Å². The van der Waals surface area contributed by atoms with Crippen molar-refractivity contribution in [3.8, 4) is 11.3 Å². The van der Waals surface area contributed by atoms with E-state index in [-0.39, 0.29) is 10.9 Å². The molecule has 1 aliphatic rings. The first-order chi connectivity index (χ1) is 16.6. The van der Waals surface area contributed by atoms with Crippen LogP contribution >= 0.6 is 0 Å². The van der Waals surface area contributed by atoms with Gasteiger partial charge in [0, 0.05) is 11.4 Å². The molecule has 0 aliphatic heterocycles. The molecule has 0 fully saturated rings. The number of carbonyl (C=O) groups is 1. The highest BCUT2D eigenvalue weighted by atomic mass is 32.2. The molecule has 1 heterocycles. The fraction of sp³-hybridized carbons (Fsp3) is 0.250. The van der Waals surface area contributed by atoms with E-state index in [0.29, 0.717) is 12.8 Å². The van der Waals surface area contributed by atoms with E-state index in [4.69, 9.17) is 4.74 Å². The number of para-hydroxylation sites is 1. The molecular formula is C28H28N2O4S. The summed E-state index contributed by atoms with van der Waals surface area (Å²) < 4.78 is 35.8. The molecule has 4 aromatic rings. The number of nitrogens with one attached hydrogen (secondary N) is 1. The molecule has 7 heteroatoms. The van der Waals surface area contributed by atoms with E-state index in [2.05, 4.69) is 10.8 Å². The number of benzene rings is 3. The largest absolute Gasteiger partial charge is 0.443 e. The molecule has 0 spiro atoms. The van der Waals surface area contributed by atoms with Gasteiger partial charge in [-0.1, -0.05) is 48.5 Å². The van der Waals surface area contributed by atoms with Crippen LogP contribution in [0, 0.1) is 0 Å². The summed E-state index contributed by atoms with van der Waals surface area (Å²) in [4.78, 5) is 13.4. The molecule has 1 atom stereocenters. The van der Waals surface area contributed by atoms with Crippen molar-refractivity contribution in [1.29, 1.82) is 0 Å². The lowest BCUT2D eigenvalue weighted by molar-refractivity contribution is 0.0547. The van der Waals surface area contributed by atoms with Crippen LogP contribution in [0.5, 0.6) is 0 Å². The monoisotopic (exact) mass is 488 g/mol. The van der Waals surface area contributed by atoms with Crippen molar-refractivity contribution in [3.63, 3.8) is 0 Å². The molecular weight excluding hydrogens is 460 g/mol. The molecule has 3 aromatic carbocycles. The van der Waals surface area contributed by atoms with Gasteiger partial charge in [0.05, 0.1) is 16.1 Å². The lowest BCUT2D eigenvalue weighted by Gasteiger charge is -2.21. The summed E-state index contributed by atoms with van der Waals surface area (Å²) in [7, 11) is -3.59. The molecule has 1 aliphatic carbocycles. The molecule has 1 aromatic heterocycles. The first kappa shape index (κ1) is 23.3. The Labute approximate surface area is 205 Å². The van der Waals surface area contributed by atoms with Gasteiger partial charge in [0.1, 0.15) is 5.60 Å². The Morgan fingerprint density at radius 3 is 2.34 bits per heavy atom.